The van der Waals surface area contributed by atoms with E-state index in [0.717, 1.165) is 13.0 Å². The molecular weight excluding hydrogens is 148 g/mol. The van der Waals surface area contributed by atoms with Gasteiger partial charge in [0, 0.05) is 31.4 Å². The maximum absolute atomic E-state index is 5.18. The molecule has 2 heteroatoms. The summed E-state index contributed by atoms with van der Waals surface area (Å²) >= 11 is 0. The summed E-state index contributed by atoms with van der Waals surface area (Å²) in [6, 6.07) is 2.44. The van der Waals surface area contributed by atoms with Gasteiger partial charge in [-0.25, -0.2) is 0 Å². The van der Waals surface area contributed by atoms with Gasteiger partial charge >= 0.3 is 0 Å². The lowest BCUT2D eigenvalue weighted by atomic mass is 10.2. The third-order valence-electron chi connectivity index (χ3n) is 1.74. The van der Waals surface area contributed by atoms with Crippen molar-refractivity contribution in [3.05, 3.63) is 24.0 Å². The van der Waals surface area contributed by atoms with Crippen molar-refractivity contribution in [1.29, 1.82) is 0 Å². The summed E-state index contributed by atoms with van der Waals surface area (Å²) in [6.45, 7) is 2.97. The van der Waals surface area contributed by atoms with Gasteiger partial charge in [0.1, 0.15) is 0 Å². The summed E-state index contributed by atoms with van der Waals surface area (Å²) in [5, 5.41) is 3.32. The Morgan fingerprint density at radius 3 is 3.17 bits per heavy atom. The molecule has 0 spiro atoms. The quantitative estimate of drug-likeness (QED) is 0.645. The molecule has 1 unspecified atom stereocenters. The second-order valence-corrected chi connectivity index (χ2v) is 2.91. The first-order chi connectivity index (χ1) is 5.83. The van der Waals surface area contributed by atoms with Crippen LogP contribution in [-0.2, 0) is 6.54 Å². The lowest BCUT2D eigenvalue weighted by Crippen LogP contribution is -2.24. The number of aromatic nitrogens is 1. The van der Waals surface area contributed by atoms with Gasteiger partial charge < -0.3 is 10.3 Å². The van der Waals surface area contributed by atoms with Crippen LogP contribution in [0.1, 0.15) is 18.9 Å². The minimum Gasteiger partial charge on any atom is -0.367 e. The number of hydrogen-bond acceptors (Lipinski definition) is 1. The van der Waals surface area contributed by atoms with E-state index in [4.69, 9.17) is 6.42 Å². The fourth-order valence-corrected chi connectivity index (χ4v) is 1.01. The van der Waals surface area contributed by atoms with Crippen molar-refractivity contribution in [2.75, 3.05) is 0 Å². The van der Waals surface area contributed by atoms with E-state index in [1.807, 2.05) is 12.4 Å². The van der Waals surface area contributed by atoms with Crippen molar-refractivity contribution >= 4 is 0 Å². The van der Waals surface area contributed by atoms with E-state index in [1.165, 1.54) is 5.56 Å². The molecule has 0 aromatic carbocycles. The highest BCUT2D eigenvalue weighted by Crippen LogP contribution is 1.97. The summed E-state index contributed by atoms with van der Waals surface area (Å²) in [6.07, 6.45) is 9.87. The molecule has 0 aliphatic heterocycles. The topological polar surface area (TPSA) is 27.8 Å². The SMILES string of the molecule is C#CCC(C)NCc1cc[nH]c1. The fourth-order valence-electron chi connectivity index (χ4n) is 1.01. The van der Waals surface area contributed by atoms with Crippen LogP contribution in [0.3, 0.4) is 0 Å². The molecule has 1 heterocycles. The number of nitrogens with one attached hydrogen (secondary N) is 2. The van der Waals surface area contributed by atoms with Gasteiger partial charge in [0.2, 0.25) is 0 Å². The minimum atomic E-state index is 0.393. The molecule has 1 atom stereocenters. The third-order valence-corrected chi connectivity index (χ3v) is 1.74. The summed E-state index contributed by atoms with van der Waals surface area (Å²) < 4.78 is 0. The molecule has 0 aliphatic rings. The molecule has 0 radical (unpaired) electrons. The highest BCUT2D eigenvalue weighted by molar-refractivity contribution is 5.07. The van der Waals surface area contributed by atoms with Crippen LogP contribution in [0.5, 0.6) is 0 Å². The van der Waals surface area contributed by atoms with E-state index >= 15 is 0 Å². The van der Waals surface area contributed by atoms with Crippen molar-refractivity contribution in [3.63, 3.8) is 0 Å². The molecule has 12 heavy (non-hydrogen) atoms. The maximum Gasteiger partial charge on any atom is 0.0238 e. The normalized spacial score (nSPS) is 12.3. The van der Waals surface area contributed by atoms with E-state index < -0.39 is 0 Å². The van der Waals surface area contributed by atoms with E-state index in [2.05, 4.69) is 29.2 Å². The zero-order valence-corrected chi connectivity index (χ0v) is 7.30. The smallest absolute Gasteiger partial charge is 0.0238 e. The van der Waals surface area contributed by atoms with Crippen molar-refractivity contribution in [3.8, 4) is 12.3 Å². The van der Waals surface area contributed by atoms with E-state index in [1.54, 1.807) is 0 Å². The van der Waals surface area contributed by atoms with E-state index in [-0.39, 0.29) is 0 Å². The molecule has 1 rings (SSSR count). The maximum atomic E-state index is 5.18. The number of H-pyrrole nitrogens is 1. The molecular formula is C10H14N2. The van der Waals surface area contributed by atoms with Gasteiger partial charge in [0.15, 0.2) is 0 Å². The van der Waals surface area contributed by atoms with Crippen molar-refractivity contribution in [1.82, 2.24) is 10.3 Å². The Labute approximate surface area is 73.4 Å². The minimum absolute atomic E-state index is 0.393. The largest absolute Gasteiger partial charge is 0.367 e. The summed E-state index contributed by atoms with van der Waals surface area (Å²) in [4.78, 5) is 3.01. The van der Waals surface area contributed by atoms with Gasteiger partial charge in [-0.15, -0.1) is 12.3 Å². The molecule has 0 aliphatic carbocycles. The average molecular weight is 162 g/mol. The third kappa shape index (κ3) is 2.81. The molecule has 0 saturated heterocycles. The standard InChI is InChI=1S/C10H14N2/c1-3-4-9(2)12-8-10-5-6-11-7-10/h1,5-7,9,11-12H,4,8H2,2H3. The molecule has 1 aromatic heterocycles. The van der Waals surface area contributed by atoms with Crippen LogP contribution in [0, 0.1) is 12.3 Å². The molecule has 64 valence electrons. The lowest BCUT2D eigenvalue weighted by Gasteiger charge is -2.08. The summed E-state index contributed by atoms with van der Waals surface area (Å²) in [7, 11) is 0. The van der Waals surface area contributed by atoms with Crippen LogP contribution < -0.4 is 5.32 Å². The van der Waals surface area contributed by atoms with Gasteiger partial charge in [-0.2, -0.15) is 0 Å². The number of terminal acetylenes is 1. The van der Waals surface area contributed by atoms with Crippen molar-refractivity contribution < 1.29 is 0 Å². The predicted molar refractivity (Wildman–Crippen MR) is 50.5 cm³/mol. The Morgan fingerprint density at radius 2 is 2.58 bits per heavy atom. The van der Waals surface area contributed by atoms with E-state index in [9.17, 15) is 0 Å². The van der Waals surface area contributed by atoms with Gasteiger partial charge in [0.25, 0.3) is 0 Å². The second-order valence-electron chi connectivity index (χ2n) is 2.91. The summed E-state index contributed by atoms with van der Waals surface area (Å²) in [5.41, 5.74) is 1.26. The Balaban J connectivity index is 2.23. The predicted octanol–water partition coefficient (Wildman–Crippen LogP) is 1.52. The monoisotopic (exact) mass is 162 g/mol. The number of aromatic amines is 1. The molecule has 0 fully saturated rings. The zero-order chi connectivity index (χ0) is 8.81. The molecule has 2 nitrogen and oxygen atoms in total. The van der Waals surface area contributed by atoms with Crippen LogP contribution in [0.25, 0.3) is 0 Å². The van der Waals surface area contributed by atoms with Crippen molar-refractivity contribution in [2.24, 2.45) is 0 Å². The highest BCUT2D eigenvalue weighted by Gasteiger charge is 1.98. The van der Waals surface area contributed by atoms with Crippen molar-refractivity contribution in [2.45, 2.75) is 25.9 Å². The first kappa shape index (κ1) is 8.89. The molecule has 0 bridgehead atoms. The van der Waals surface area contributed by atoms with E-state index in [0.29, 0.717) is 6.04 Å². The number of rotatable bonds is 4. The average Bonchev–Trinajstić information content (AvgIpc) is 2.53. The second kappa shape index (κ2) is 4.63. The summed E-state index contributed by atoms with van der Waals surface area (Å²) in [5.74, 6) is 2.63. The van der Waals surface area contributed by atoms with Gasteiger partial charge in [0.05, 0.1) is 0 Å². The molecule has 0 saturated carbocycles. The Kier molecular flexibility index (Phi) is 3.43. The Morgan fingerprint density at radius 1 is 1.75 bits per heavy atom. The first-order valence-corrected chi connectivity index (χ1v) is 4.11. The van der Waals surface area contributed by atoms with Gasteiger partial charge in [-0.1, -0.05) is 0 Å². The highest BCUT2D eigenvalue weighted by atomic mass is 14.9. The Hall–Kier alpha value is -1.20. The lowest BCUT2D eigenvalue weighted by molar-refractivity contribution is 0.560. The number of hydrogen-bond donors (Lipinski definition) is 2. The van der Waals surface area contributed by atoms with Crippen LogP contribution in [0.2, 0.25) is 0 Å². The Bertz CT molecular complexity index is 243. The van der Waals surface area contributed by atoms with Crippen LogP contribution in [-0.4, -0.2) is 11.0 Å². The zero-order valence-electron chi connectivity index (χ0n) is 7.30. The molecule has 1 aromatic rings. The molecule has 2 N–H and O–H groups in total. The first-order valence-electron chi connectivity index (χ1n) is 4.11. The fraction of sp³-hybridized carbons (Fsp3) is 0.400. The van der Waals surface area contributed by atoms with Crippen LogP contribution in [0.4, 0.5) is 0 Å². The van der Waals surface area contributed by atoms with Crippen LogP contribution >= 0.6 is 0 Å². The van der Waals surface area contributed by atoms with Gasteiger partial charge in [-0.3, -0.25) is 0 Å². The van der Waals surface area contributed by atoms with Gasteiger partial charge in [-0.05, 0) is 18.6 Å². The van der Waals surface area contributed by atoms with Crippen LogP contribution in [0.15, 0.2) is 18.5 Å². The molecule has 0 amide bonds.